The number of rotatable bonds is 2. The smallest absolute Gasteiger partial charge is 0.340 e. The molecule has 0 aliphatic heterocycles. The van der Waals surface area contributed by atoms with E-state index < -0.39 is 11.7 Å². The van der Waals surface area contributed by atoms with Gasteiger partial charge in [0.05, 0.1) is 17.0 Å². The lowest BCUT2D eigenvalue weighted by Crippen LogP contribution is -2.22. The van der Waals surface area contributed by atoms with Crippen molar-refractivity contribution in [2.24, 2.45) is 0 Å². The van der Waals surface area contributed by atoms with Gasteiger partial charge in [0.2, 0.25) is 0 Å². The van der Waals surface area contributed by atoms with Crippen molar-refractivity contribution in [3.8, 4) is 11.8 Å². The molecule has 0 saturated heterocycles. The predicted molar refractivity (Wildman–Crippen MR) is 91.6 cm³/mol. The number of benzene rings is 1. The number of halogens is 3. The Balaban J connectivity index is 1.59. The third kappa shape index (κ3) is 4.43. The van der Waals surface area contributed by atoms with Crippen LogP contribution in [0.5, 0.6) is 0 Å². The van der Waals surface area contributed by atoms with Gasteiger partial charge in [0.1, 0.15) is 0 Å². The summed E-state index contributed by atoms with van der Waals surface area (Å²) < 4.78 is 37.9. The summed E-state index contributed by atoms with van der Waals surface area (Å²) in [7, 11) is 0. The van der Waals surface area contributed by atoms with Crippen LogP contribution in [0.2, 0.25) is 0 Å². The molecule has 0 bridgehead atoms. The van der Waals surface area contributed by atoms with Gasteiger partial charge in [-0.05, 0) is 55.5 Å². The Labute approximate surface area is 148 Å². The second-order valence-corrected chi connectivity index (χ2v) is 6.97. The molecule has 0 fully saturated rings. The van der Waals surface area contributed by atoms with Crippen molar-refractivity contribution in [3.05, 3.63) is 56.8 Å². The second-order valence-electron chi connectivity index (χ2n) is 5.83. The molecule has 1 amide bonds. The van der Waals surface area contributed by atoms with Crippen molar-refractivity contribution in [2.75, 3.05) is 6.54 Å². The zero-order valence-corrected chi connectivity index (χ0v) is 14.2. The summed E-state index contributed by atoms with van der Waals surface area (Å²) in [5.41, 5.74) is 0.805. The van der Waals surface area contributed by atoms with E-state index in [0.717, 1.165) is 37.8 Å². The van der Waals surface area contributed by atoms with E-state index in [-0.39, 0.29) is 18.0 Å². The van der Waals surface area contributed by atoms with Gasteiger partial charge in [0, 0.05) is 10.4 Å². The second kappa shape index (κ2) is 7.32. The number of aryl methyl sites for hydroxylation is 2. The van der Waals surface area contributed by atoms with Crippen molar-refractivity contribution in [2.45, 2.75) is 31.9 Å². The molecule has 1 N–H and O–H groups in total. The first-order chi connectivity index (χ1) is 11.9. The van der Waals surface area contributed by atoms with Crippen LogP contribution in [-0.2, 0) is 19.0 Å². The van der Waals surface area contributed by atoms with Crippen LogP contribution in [0.25, 0.3) is 0 Å². The Morgan fingerprint density at radius 3 is 2.76 bits per heavy atom. The highest BCUT2D eigenvalue weighted by atomic mass is 32.1. The number of carbonyl (C=O) groups is 1. The molecule has 1 aliphatic carbocycles. The number of amides is 1. The van der Waals surface area contributed by atoms with Crippen molar-refractivity contribution in [1.29, 1.82) is 0 Å². The first-order valence-corrected chi connectivity index (χ1v) is 8.81. The minimum Gasteiger partial charge on any atom is -0.340 e. The maximum atomic E-state index is 12.6. The van der Waals surface area contributed by atoms with E-state index in [0.29, 0.717) is 4.88 Å². The molecule has 0 saturated carbocycles. The summed E-state index contributed by atoms with van der Waals surface area (Å²) >= 11 is 1.52. The molecule has 25 heavy (non-hydrogen) atoms. The van der Waals surface area contributed by atoms with Crippen LogP contribution < -0.4 is 5.32 Å². The number of hydrogen-bond acceptors (Lipinski definition) is 2. The van der Waals surface area contributed by atoms with Crippen molar-refractivity contribution in [3.63, 3.8) is 0 Å². The van der Waals surface area contributed by atoms with Crippen LogP contribution in [0.15, 0.2) is 30.3 Å². The van der Waals surface area contributed by atoms with Crippen molar-refractivity contribution in [1.82, 2.24) is 5.32 Å². The maximum Gasteiger partial charge on any atom is 0.416 e. The fraction of sp³-hybridized carbons (Fsp3) is 0.316. The van der Waals surface area contributed by atoms with Gasteiger partial charge in [0.25, 0.3) is 5.91 Å². The Morgan fingerprint density at radius 2 is 2.00 bits per heavy atom. The highest BCUT2D eigenvalue weighted by molar-refractivity contribution is 7.14. The lowest BCUT2D eigenvalue weighted by atomic mass is 9.99. The number of carbonyl (C=O) groups excluding carboxylic acids is 1. The summed E-state index contributed by atoms with van der Waals surface area (Å²) in [5, 5.41) is 2.70. The van der Waals surface area contributed by atoms with E-state index in [4.69, 9.17) is 0 Å². The van der Waals surface area contributed by atoms with Gasteiger partial charge in [-0.1, -0.05) is 17.9 Å². The van der Waals surface area contributed by atoms with E-state index in [1.807, 2.05) is 6.07 Å². The molecule has 2 aromatic rings. The van der Waals surface area contributed by atoms with E-state index in [1.54, 1.807) is 0 Å². The van der Waals surface area contributed by atoms with Crippen LogP contribution in [0, 0.1) is 11.8 Å². The Morgan fingerprint density at radius 1 is 1.20 bits per heavy atom. The van der Waals surface area contributed by atoms with Gasteiger partial charge < -0.3 is 5.32 Å². The van der Waals surface area contributed by atoms with Gasteiger partial charge >= 0.3 is 6.18 Å². The minimum absolute atomic E-state index is 0.0949. The molecule has 1 aliphatic rings. The van der Waals surface area contributed by atoms with Gasteiger partial charge in [0.15, 0.2) is 0 Å². The Kier molecular flexibility index (Phi) is 5.14. The molecule has 0 atom stereocenters. The van der Waals surface area contributed by atoms with Crippen molar-refractivity contribution >= 4 is 17.2 Å². The number of thiophene rings is 1. The average Bonchev–Trinajstić information content (AvgIpc) is 3.02. The van der Waals surface area contributed by atoms with Crippen LogP contribution >= 0.6 is 11.3 Å². The zero-order chi connectivity index (χ0) is 17.9. The summed E-state index contributed by atoms with van der Waals surface area (Å²) in [5.74, 6) is 5.17. The van der Waals surface area contributed by atoms with E-state index in [1.165, 1.54) is 33.9 Å². The van der Waals surface area contributed by atoms with Crippen LogP contribution in [0.4, 0.5) is 13.2 Å². The number of nitrogens with one attached hydrogen (secondary N) is 1. The number of hydrogen-bond donors (Lipinski definition) is 1. The normalized spacial score (nSPS) is 13.6. The molecule has 0 radical (unpaired) electrons. The Bertz CT molecular complexity index is 819. The minimum atomic E-state index is -4.38. The molecule has 0 unspecified atom stereocenters. The molecule has 3 rings (SSSR count). The van der Waals surface area contributed by atoms with Crippen LogP contribution in [-0.4, -0.2) is 12.5 Å². The molecule has 1 aromatic heterocycles. The summed E-state index contributed by atoms with van der Waals surface area (Å²) in [4.78, 5) is 14.1. The summed E-state index contributed by atoms with van der Waals surface area (Å²) in [6.07, 6.45) is -0.00835. The lowest BCUT2D eigenvalue weighted by Gasteiger charge is -2.08. The topological polar surface area (TPSA) is 29.1 Å². The highest BCUT2D eigenvalue weighted by Crippen LogP contribution is 2.30. The summed E-state index contributed by atoms with van der Waals surface area (Å²) in [6.45, 7) is 0.0949. The first-order valence-electron chi connectivity index (χ1n) is 7.99. The van der Waals surface area contributed by atoms with Crippen LogP contribution in [0.1, 0.15) is 44.1 Å². The fourth-order valence-electron chi connectivity index (χ4n) is 2.73. The quantitative estimate of drug-likeness (QED) is 0.786. The fourth-order valence-corrected chi connectivity index (χ4v) is 3.90. The third-order valence-electron chi connectivity index (χ3n) is 3.98. The molecule has 0 spiro atoms. The predicted octanol–water partition coefficient (Wildman–Crippen LogP) is 4.43. The van der Waals surface area contributed by atoms with Crippen LogP contribution in [0.3, 0.4) is 0 Å². The SMILES string of the molecule is O=C(NCC#Cc1cccc(C(F)(F)F)c1)c1cc2c(s1)CCCC2. The molecular formula is C19H16F3NOS. The Hall–Kier alpha value is -2.26. The first kappa shape index (κ1) is 17.6. The van der Waals surface area contributed by atoms with E-state index in [9.17, 15) is 18.0 Å². The average molecular weight is 363 g/mol. The van der Waals surface area contributed by atoms with E-state index in [2.05, 4.69) is 17.2 Å². The number of alkyl halides is 3. The molecular weight excluding hydrogens is 347 g/mol. The standard InChI is InChI=1S/C19H16F3NOS/c20-19(21,22)15-8-3-5-13(11-15)6-4-10-23-18(24)17-12-14-7-1-2-9-16(14)25-17/h3,5,8,11-12H,1-2,7,9-10H2,(H,23,24). The molecule has 6 heteroatoms. The van der Waals surface area contributed by atoms with Gasteiger partial charge in [-0.3, -0.25) is 4.79 Å². The lowest BCUT2D eigenvalue weighted by molar-refractivity contribution is -0.137. The maximum absolute atomic E-state index is 12.6. The molecule has 1 heterocycles. The largest absolute Gasteiger partial charge is 0.416 e. The number of fused-ring (bicyclic) bond motifs is 1. The van der Waals surface area contributed by atoms with Gasteiger partial charge in [-0.15, -0.1) is 11.3 Å². The molecule has 2 nitrogen and oxygen atoms in total. The highest BCUT2D eigenvalue weighted by Gasteiger charge is 2.30. The van der Waals surface area contributed by atoms with Gasteiger partial charge in [-0.2, -0.15) is 13.2 Å². The monoisotopic (exact) mass is 363 g/mol. The zero-order valence-electron chi connectivity index (χ0n) is 13.4. The summed E-state index contributed by atoms with van der Waals surface area (Å²) in [6, 6.07) is 6.78. The van der Waals surface area contributed by atoms with E-state index >= 15 is 0 Å². The van der Waals surface area contributed by atoms with Crippen molar-refractivity contribution < 1.29 is 18.0 Å². The third-order valence-corrected chi connectivity index (χ3v) is 5.22. The van der Waals surface area contributed by atoms with Gasteiger partial charge in [-0.25, -0.2) is 0 Å². The molecule has 130 valence electrons. The molecule has 1 aromatic carbocycles.